The summed E-state index contributed by atoms with van der Waals surface area (Å²) in [6.45, 7) is 0. The van der Waals surface area contributed by atoms with Crippen LogP contribution in [-0.4, -0.2) is 34.3 Å². The van der Waals surface area contributed by atoms with Gasteiger partial charge in [-0.25, -0.2) is 22.9 Å². The third-order valence-electron chi connectivity index (χ3n) is 3.30. The van der Waals surface area contributed by atoms with Gasteiger partial charge in [0.25, 0.3) is 10.0 Å². The van der Waals surface area contributed by atoms with E-state index < -0.39 is 16.0 Å². The number of halogens is 1. The molecule has 0 saturated heterocycles. The number of para-hydroxylation sites is 2. The molecule has 0 spiro atoms. The molecule has 2 aromatic carbocycles. The van der Waals surface area contributed by atoms with E-state index in [0.717, 1.165) is 12.1 Å². The maximum absolute atomic E-state index is 12.6. The molecule has 0 bridgehead atoms. The number of aromatic carboxylic acids is 1. The minimum absolute atomic E-state index is 0.157. The second-order valence-electron chi connectivity index (χ2n) is 4.91. The van der Waals surface area contributed by atoms with Gasteiger partial charge in [-0.1, -0.05) is 23.7 Å². The number of carbonyl (C=O) groups is 1. The van der Waals surface area contributed by atoms with Gasteiger partial charge in [0.15, 0.2) is 0 Å². The zero-order chi connectivity index (χ0) is 18.0. The second kappa shape index (κ2) is 6.54. The fourth-order valence-electron chi connectivity index (χ4n) is 2.13. The SMILES string of the molecule is O=C(O)c1ccc(S(=O)(=O)Nc2ccccc2-n2cncn2)cc1Cl. The van der Waals surface area contributed by atoms with Gasteiger partial charge >= 0.3 is 5.97 Å². The Bertz CT molecular complexity index is 1040. The number of aromatic nitrogens is 3. The molecule has 0 aliphatic carbocycles. The lowest BCUT2D eigenvalue weighted by molar-refractivity contribution is 0.0697. The molecule has 0 radical (unpaired) electrons. The van der Waals surface area contributed by atoms with Crippen molar-refractivity contribution in [2.24, 2.45) is 0 Å². The molecule has 8 nitrogen and oxygen atoms in total. The molecular formula is C15H11ClN4O4S. The van der Waals surface area contributed by atoms with Crippen molar-refractivity contribution < 1.29 is 18.3 Å². The fourth-order valence-corrected chi connectivity index (χ4v) is 3.56. The third kappa shape index (κ3) is 3.47. The number of benzene rings is 2. The van der Waals surface area contributed by atoms with E-state index in [0.29, 0.717) is 5.69 Å². The van der Waals surface area contributed by atoms with Crippen LogP contribution in [0.1, 0.15) is 10.4 Å². The number of carboxylic acid groups (broad SMARTS) is 1. The Balaban J connectivity index is 1.98. The predicted octanol–water partition coefficient (Wildman–Crippen LogP) is 2.42. The summed E-state index contributed by atoms with van der Waals surface area (Å²) in [6, 6.07) is 10.0. The number of nitrogens with zero attached hydrogens (tertiary/aromatic N) is 3. The average Bonchev–Trinajstić information content (AvgIpc) is 3.09. The maximum atomic E-state index is 12.6. The number of carboxylic acids is 1. The highest BCUT2D eigenvalue weighted by Crippen LogP contribution is 2.25. The number of anilines is 1. The molecule has 0 amide bonds. The zero-order valence-corrected chi connectivity index (χ0v) is 14.1. The highest BCUT2D eigenvalue weighted by Gasteiger charge is 2.19. The van der Waals surface area contributed by atoms with Crippen LogP contribution in [0, 0.1) is 0 Å². The van der Waals surface area contributed by atoms with Crippen LogP contribution in [-0.2, 0) is 10.0 Å². The van der Waals surface area contributed by atoms with Crippen LogP contribution in [0.4, 0.5) is 5.69 Å². The van der Waals surface area contributed by atoms with E-state index in [1.54, 1.807) is 24.3 Å². The van der Waals surface area contributed by atoms with E-state index in [1.807, 2.05) is 0 Å². The Morgan fingerprint density at radius 3 is 2.60 bits per heavy atom. The smallest absolute Gasteiger partial charge is 0.337 e. The number of nitrogens with one attached hydrogen (secondary N) is 1. The summed E-state index contributed by atoms with van der Waals surface area (Å²) >= 11 is 5.85. The monoisotopic (exact) mass is 378 g/mol. The van der Waals surface area contributed by atoms with E-state index >= 15 is 0 Å². The molecule has 1 aromatic heterocycles. The molecular weight excluding hydrogens is 368 g/mol. The van der Waals surface area contributed by atoms with E-state index in [4.69, 9.17) is 16.7 Å². The van der Waals surface area contributed by atoms with Crippen molar-refractivity contribution in [3.63, 3.8) is 0 Å². The van der Waals surface area contributed by atoms with E-state index in [-0.39, 0.29) is 21.2 Å². The maximum Gasteiger partial charge on any atom is 0.337 e. The quantitative estimate of drug-likeness (QED) is 0.704. The summed E-state index contributed by atoms with van der Waals surface area (Å²) < 4.78 is 29.0. The molecule has 3 aromatic rings. The first-order valence-corrected chi connectivity index (χ1v) is 8.74. The minimum atomic E-state index is -3.98. The topological polar surface area (TPSA) is 114 Å². The van der Waals surface area contributed by atoms with Gasteiger partial charge < -0.3 is 5.11 Å². The molecule has 25 heavy (non-hydrogen) atoms. The average molecular weight is 379 g/mol. The standard InChI is InChI=1S/C15H11ClN4O4S/c16-12-7-10(5-6-11(12)15(21)22)25(23,24)19-13-3-1-2-4-14(13)20-9-17-8-18-20/h1-9,19H,(H,21,22). The Morgan fingerprint density at radius 2 is 1.96 bits per heavy atom. The first-order valence-electron chi connectivity index (χ1n) is 6.88. The van der Waals surface area contributed by atoms with Gasteiger partial charge in [0.05, 0.1) is 26.9 Å². The predicted molar refractivity (Wildman–Crippen MR) is 90.6 cm³/mol. The van der Waals surface area contributed by atoms with E-state index in [1.165, 1.54) is 23.4 Å². The molecule has 0 atom stereocenters. The third-order valence-corrected chi connectivity index (χ3v) is 4.97. The Kier molecular flexibility index (Phi) is 4.43. The van der Waals surface area contributed by atoms with Crippen molar-refractivity contribution in [2.45, 2.75) is 4.90 Å². The highest BCUT2D eigenvalue weighted by molar-refractivity contribution is 7.92. The lowest BCUT2D eigenvalue weighted by Crippen LogP contribution is -2.15. The van der Waals surface area contributed by atoms with Crippen LogP contribution < -0.4 is 4.72 Å². The van der Waals surface area contributed by atoms with Gasteiger partial charge in [-0.05, 0) is 30.3 Å². The van der Waals surface area contributed by atoms with Crippen molar-refractivity contribution in [3.05, 3.63) is 65.7 Å². The molecule has 1 heterocycles. The van der Waals surface area contributed by atoms with Gasteiger partial charge in [0.2, 0.25) is 0 Å². The zero-order valence-electron chi connectivity index (χ0n) is 12.5. The van der Waals surface area contributed by atoms with Crippen LogP contribution in [0.2, 0.25) is 5.02 Å². The summed E-state index contributed by atoms with van der Waals surface area (Å²) in [5.74, 6) is -1.24. The molecule has 0 saturated carbocycles. The van der Waals surface area contributed by atoms with Crippen LogP contribution in [0.25, 0.3) is 5.69 Å². The number of hydrogen-bond acceptors (Lipinski definition) is 5. The fraction of sp³-hybridized carbons (Fsp3) is 0. The molecule has 0 aliphatic heterocycles. The Hall–Kier alpha value is -2.91. The summed E-state index contributed by atoms with van der Waals surface area (Å²) in [5, 5.41) is 12.8. The van der Waals surface area contributed by atoms with Crippen molar-refractivity contribution in [1.82, 2.24) is 14.8 Å². The molecule has 0 aliphatic rings. The molecule has 2 N–H and O–H groups in total. The van der Waals surface area contributed by atoms with Crippen LogP contribution in [0.5, 0.6) is 0 Å². The Labute approximate surface area is 147 Å². The Morgan fingerprint density at radius 1 is 1.20 bits per heavy atom. The first kappa shape index (κ1) is 16.9. The summed E-state index contributed by atoms with van der Waals surface area (Å²) in [7, 11) is -3.98. The lowest BCUT2D eigenvalue weighted by atomic mass is 10.2. The van der Waals surface area contributed by atoms with Gasteiger partial charge in [-0.15, -0.1) is 0 Å². The number of hydrogen-bond donors (Lipinski definition) is 2. The number of sulfonamides is 1. The van der Waals surface area contributed by atoms with Crippen molar-refractivity contribution in [1.29, 1.82) is 0 Å². The lowest BCUT2D eigenvalue weighted by Gasteiger charge is -2.12. The summed E-state index contributed by atoms with van der Waals surface area (Å²) in [6.07, 6.45) is 2.77. The highest BCUT2D eigenvalue weighted by atomic mass is 35.5. The van der Waals surface area contributed by atoms with Crippen molar-refractivity contribution >= 4 is 33.3 Å². The van der Waals surface area contributed by atoms with E-state index in [2.05, 4.69) is 14.8 Å². The molecule has 0 unspecified atom stereocenters. The largest absolute Gasteiger partial charge is 0.478 e. The molecule has 128 valence electrons. The molecule has 0 fully saturated rings. The van der Waals surface area contributed by atoms with Gasteiger partial charge in [-0.2, -0.15) is 5.10 Å². The van der Waals surface area contributed by atoms with Gasteiger partial charge in [0.1, 0.15) is 12.7 Å². The van der Waals surface area contributed by atoms with E-state index in [9.17, 15) is 13.2 Å². The molecule has 10 heteroatoms. The van der Waals surface area contributed by atoms with Gasteiger partial charge in [0, 0.05) is 0 Å². The number of rotatable bonds is 5. The summed E-state index contributed by atoms with van der Waals surface area (Å²) in [5.41, 5.74) is 0.590. The molecule has 3 rings (SSSR count). The van der Waals surface area contributed by atoms with Crippen molar-refractivity contribution in [3.8, 4) is 5.69 Å². The first-order chi connectivity index (χ1) is 11.9. The second-order valence-corrected chi connectivity index (χ2v) is 7.00. The van der Waals surface area contributed by atoms with Gasteiger partial charge in [-0.3, -0.25) is 4.72 Å². The summed E-state index contributed by atoms with van der Waals surface area (Å²) in [4.78, 5) is 14.7. The van der Waals surface area contributed by atoms with Crippen LogP contribution in [0.15, 0.2) is 60.0 Å². The van der Waals surface area contributed by atoms with Crippen LogP contribution in [0.3, 0.4) is 0 Å². The minimum Gasteiger partial charge on any atom is -0.478 e. The normalized spacial score (nSPS) is 11.2. The van der Waals surface area contributed by atoms with Crippen LogP contribution >= 0.6 is 11.6 Å². The van der Waals surface area contributed by atoms with Crippen molar-refractivity contribution in [2.75, 3.05) is 4.72 Å².